The molecule has 0 heterocycles. The highest BCUT2D eigenvalue weighted by molar-refractivity contribution is 5.95. The van der Waals surface area contributed by atoms with Gasteiger partial charge in [0, 0.05) is 23.6 Å². The van der Waals surface area contributed by atoms with Crippen LogP contribution in [0.15, 0.2) is 89.4 Å². The number of rotatable bonds is 10. The van der Waals surface area contributed by atoms with Gasteiger partial charge in [-0.3, -0.25) is 9.98 Å². The van der Waals surface area contributed by atoms with Gasteiger partial charge in [-0.1, -0.05) is 31.7 Å². The van der Waals surface area contributed by atoms with Crippen LogP contribution in [0.4, 0.5) is 5.69 Å². The number of ether oxygens (including phenoxy) is 3. The number of para-hydroxylation sites is 1. The molecule has 7 heteroatoms. The van der Waals surface area contributed by atoms with E-state index in [1.54, 1.807) is 31.5 Å². The monoisotopic (exact) mass is 498 g/mol. The van der Waals surface area contributed by atoms with E-state index in [9.17, 15) is 9.59 Å². The molecule has 0 aliphatic carbocycles. The van der Waals surface area contributed by atoms with Crippen LogP contribution in [-0.4, -0.2) is 37.0 Å². The summed E-state index contributed by atoms with van der Waals surface area (Å²) in [5.74, 6) is 0.0907. The van der Waals surface area contributed by atoms with E-state index in [1.807, 2.05) is 45.0 Å². The first-order chi connectivity index (χ1) is 17.8. The second-order valence-electron chi connectivity index (χ2n) is 8.18. The molecule has 3 aromatic carbocycles. The molecule has 0 radical (unpaired) electrons. The van der Waals surface area contributed by atoms with Crippen LogP contribution in [0.1, 0.15) is 41.8 Å². The molecular formula is C30H30N2O5. The number of carbonyl (C=O) groups is 2. The maximum atomic E-state index is 12.8. The van der Waals surface area contributed by atoms with E-state index in [2.05, 4.69) is 6.58 Å². The van der Waals surface area contributed by atoms with Gasteiger partial charge in [0.15, 0.2) is 0 Å². The maximum absolute atomic E-state index is 12.8. The molecule has 0 N–H and O–H groups in total. The second kappa shape index (κ2) is 13.0. The van der Waals surface area contributed by atoms with Gasteiger partial charge in [-0.2, -0.15) is 0 Å². The Morgan fingerprint density at radius 3 is 2.35 bits per heavy atom. The lowest BCUT2D eigenvalue weighted by molar-refractivity contribution is -0.128. The standard InChI is InChI=1S/C30H30N2O5/c1-6-26(21(4)32-27-11-9-8-10-20(27)3)31-19-23-18-25(35-5)16-17-28(23)37-30(34)22-12-14-24(15-13-22)36-29(33)7-2/h7-19,26H,2,6H2,1,3-5H3. The first-order valence-electron chi connectivity index (χ1n) is 11.8. The number of hydrogen-bond donors (Lipinski definition) is 0. The zero-order chi connectivity index (χ0) is 26.8. The molecule has 0 amide bonds. The summed E-state index contributed by atoms with van der Waals surface area (Å²) in [4.78, 5) is 33.7. The fourth-order valence-electron chi connectivity index (χ4n) is 3.46. The molecule has 7 nitrogen and oxygen atoms in total. The van der Waals surface area contributed by atoms with E-state index in [0.717, 1.165) is 29.5 Å². The highest BCUT2D eigenvalue weighted by Crippen LogP contribution is 2.25. The number of methoxy groups -OCH3 is 1. The number of hydrogen-bond acceptors (Lipinski definition) is 7. The number of benzene rings is 3. The van der Waals surface area contributed by atoms with Gasteiger partial charge in [0.05, 0.1) is 24.4 Å². The molecule has 0 saturated heterocycles. The Labute approximate surface area is 217 Å². The predicted molar refractivity (Wildman–Crippen MR) is 146 cm³/mol. The first-order valence-corrected chi connectivity index (χ1v) is 11.8. The topological polar surface area (TPSA) is 86.6 Å². The fourth-order valence-corrected chi connectivity index (χ4v) is 3.46. The molecule has 37 heavy (non-hydrogen) atoms. The quantitative estimate of drug-likeness (QED) is 0.142. The van der Waals surface area contributed by atoms with Crippen molar-refractivity contribution in [3.05, 3.63) is 96.1 Å². The molecule has 3 rings (SSSR count). The summed E-state index contributed by atoms with van der Waals surface area (Å²) >= 11 is 0. The molecular weight excluding hydrogens is 468 g/mol. The molecule has 3 aromatic rings. The summed E-state index contributed by atoms with van der Waals surface area (Å²) in [5, 5.41) is 0. The number of esters is 2. The third kappa shape index (κ3) is 7.48. The van der Waals surface area contributed by atoms with Crippen LogP contribution >= 0.6 is 0 Å². The normalized spacial score (nSPS) is 12.2. The van der Waals surface area contributed by atoms with E-state index in [0.29, 0.717) is 28.4 Å². The number of aryl methyl sites for hydroxylation is 1. The second-order valence-corrected chi connectivity index (χ2v) is 8.18. The van der Waals surface area contributed by atoms with Gasteiger partial charge in [-0.15, -0.1) is 0 Å². The van der Waals surface area contributed by atoms with Gasteiger partial charge < -0.3 is 14.2 Å². The van der Waals surface area contributed by atoms with Crippen molar-refractivity contribution in [3.63, 3.8) is 0 Å². The van der Waals surface area contributed by atoms with Crippen molar-refractivity contribution in [2.24, 2.45) is 9.98 Å². The molecule has 190 valence electrons. The van der Waals surface area contributed by atoms with Crippen LogP contribution in [0.25, 0.3) is 0 Å². The molecule has 0 aliphatic rings. The molecule has 1 unspecified atom stereocenters. The third-order valence-corrected chi connectivity index (χ3v) is 5.57. The molecule has 0 saturated carbocycles. The Morgan fingerprint density at radius 1 is 1.00 bits per heavy atom. The van der Waals surface area contributed by atoms with E-state index in [1.165, 1.54) is 24.3 Å². The minimum Gasteiger partial charge on any atom is -0.497 e. The van der Waals surface area contributed by atoms with Crippen LogP contribution in [-0.2, 0) is 4.79 Å². The van der Waals surface area contributed by atoms with E-state index in [4.69, 9.17) is 24.2 Å². The lowest BCUT2D eigenvalue weighted by atomic mass is 10.1. The molecule has 0 aromatic heterocycles. The Kier molecular flexibility index (Phi) is 9.49. The highest BCUT2D eigenvalue weighted by atomic mass is 16.5. The van der Waals surface area contributed by atoms with Gasteiger partial charge in [-0.25, -0.2) is 9.59 Å². The Morgan fingerprint density at radius 2 is 1.70 bits per heavy atom. The average Bonchev–Trinajstić information content (AvgIpc) is 2.91. The molecule has 1 atom stereocenters. The highest BCUT2D eigenvalue weighted by Gasteiger charge is 2.14. The van der Waals surface area contributed by atoms with Crippen LogP contribution in [0, 0.1) is 6.92 Å². The van der Waals surface area contributed by atoms with Crippen LogP contribution < -0.4 is 14.2 Å². The van der Waals surface area contributed by atoms with Crippen LogP contribution in [0.3, 0.4) is 0 Å². The van der Waals surface area contributed by atoms with Gasteiger partial charge in [0.25, 0.3) is 0 Å². The van der Waals surface area contributed by atoms with E-state index >= 15 is 0 Å². The van der Waals surface area contributed by atoms with Gasteiger partial charge >= 0.3 is 11.9 Å². The smallest absolute Gasteiger partial charge is 0.343 e. The maximum Gasteiger partial charge on any atom is 0.343 e. The SMILES string of the molecule is C=CC(=O)Oc1ccc(C(=O)Oc2ccc(OC)cc2C=NC(CC)C(C)=Nc2ccccc2C)cc1. The molecule has 0 aliphatic heterocycles. The number of nitrogens with zero attached hydrogens (tertiary/aromatic N) is 2. The van der Waals surface area contributed by atoms with Gasteiger partial charge in [-0.05, 0) is 74.4 Å². The Hall–Kier alpha value is -4.52. The minimum atomic E-state index is -0.581. The van der Waals surface area contributed by atoms with Crippen molar-refractivity contribution >= 4 is 29.6 Å². The van der Waals surface area contributed by atoms with Crippen LogP contribution in [0.2, 0.25) is 0 Å². The summed E-state index contributed by atoms with van der Waals surface area (Å²) in [6.45, 7) is 9.38. The fraction of sp³-hybridized carbons (Fsp3) is 0.200. The summed E-state index contributed by atoms with van der Waals surface area (Å²) in [7, 11) is 1.57. The lowest BCUT2D eigenvalue weighted by Gasteiger charge is -2.12. The van der Waals surface area contributed by atoms with E-state index < -0.39 is 11.9 Å². The minimum absolute atomic E-state index is 0.153. The lowest BCUT2D eigenvalue weighted by Crippen LogP contribution is -2.15. The van der Waals surface area contributed by atoms with Crippen molar-refractivity contribution in [1.82, 2.24) is 0 Å². The number of aliphatic imine (C=N–C) groups is 2. The van der Waals surface area contributed by atoms with Crippen molar-refractivity contribution in [3.8, 4) is 17.2 Å². The van der Waals surface area contributed by atoms with Crippen LogP contribution in [0.5, 0.6) is 17.2 Å². The Bertz CT molecular complexity index is 1330. The van der Waals surface area contributed by atoms with Gasteiger partial charge in [0.2, 0.25) is 0 Å². The number of carbonyl (C=O) groups excluding carboxylic acids is 2. The largest absolute Gasteiger partial charge is 0.497 e. The zero-order valence-corrected chi connectivity index (χ0v) is 21.4. The molecule has 0 bridgehead atoms. The zero-order valence-electron chi connectivity index (χ0n) is 21.4. The Balaban J connectivity index is 1.82. The summed E-state index contributed by atoms with van der Waals surface area (Å²) in [6, 6.07) is 19.0. The summed E-state index contributed by atoms with van der Waals surface area (Å²) < 4.78 is 16.1. The first kappa shape index (κ1) is 27.1. The van der Waals surface area contributed by atoms with Crippen molar-refractivity contribution in [1.29, 1.82) is 0 Å². The van der Waals surface area contributed by atoms with Gasteiger partial charge in [0.1, 0.15) is 17.2 Å². The van der Waals surface area contributed by atoms with E-state index in [-0.39, 0.29) is 6.04 Å². The van der Waals surface area contributed by atoms with Crippen molar-refractivity contribution in [2.75, 3.05) is 7.11 Å². The summed E-state index contributed by atoms with van der Waals surface area (Å²) in [5.41, 5.74) is 3.77. The predicted octanol–water partition coefficient (Wildman–Crippen LogP) is 6.30. The third-order valence-electron chi connectivity index (χ3n) is 5.57. The van der Waals surface area contributed by atoms with Crippen molar-refractivity contribution in [2.45, 2.75) is 33.2 Å². The summed E-state index contributed by atoms with van der Waals surface area (Å²) in [6.07, 6.45) is 3.49. The van der Waals surface area contributed by atoms with Crippen molar-refractivity contribution < 1.29 is 23.8 Å². The molecule has 0 fully saturated rings. The molecule has 0 spiro atoms. The average molecular weight is 499 g/mol.